The number of benzene rings is 9. The first kappa shape index (κ1) is 82.3. The number of hydrogen-bond donors (Lipinski definition) is 5. The Balaban J connectivity index is 0.000000136. The van der Waals surface area contributed by atoms with Gasteiger partial charge in [0, 0.05) is 119 Å². The van der Waals surface area contributed by atoms with Crippen LogP contribution in [0.25, 0.3) is 66.1 Å². The second-order valence-corrected chi connectivity index (χ2v) is 32.4. The van der Waals surface area contributed by atoms with Crippen molar-refractivity contribution in [2.45, 2.75) is 102 Å². The number of piperidine rings is 3. The summed E-state index contributed by atoms with van der Waals surface area (Å²) in [4.78, 5) is 117. The van der Waals surface area contributed by atoms with Crippen LogP contribution in [0.5, 0.6) is 0 Å². The maximum Gasteiger partial charge on any atom is 0.309 e. The molecule has 0 aliphatic carbocycles. The molecule has 6 saturated heterocycles. The van der Waals surface area contributed by atoms with Crippen molar-refractivity contribution in [2.75, 3.05) is 116 Å². The third-order valence-corrected chi connectivity index (χ3v) is 24.5. The third kappa shape index (κ3) is 19.9. The molecule has 0 radical (unpaired) electrons. The number of para-hydroxylation sites is 3. The van der Waals surface area contributed by atoms with Crippen LogP contribution in [0, 0.1) is 17.8 Å². The van der Waals surface area contributed by atoms with Crippen LogP contribution in [0.2, 0.25) is 0 Å². The van der Waals surface area contributed by atoms with E-state index in [1.807, 2.05) is 198 Å². The zero-order valence-corrected chi connectivity index (χ0v) is 68.9. The summed E-state index contributed by atoms with van der Waals surface area (Å²) in [5, 5.41) is 22.9. The predicted molar refractivity (Wildman–Crippen MR) is 479 cm³/mol. The van der Waals surface area contributed by atoms with E-state index < -0.39 is 5.97 Å². The van der Waals surface area contributed by atoms with Gasteiger partial charge in [0.1, 0.15) is 17.5 Å². The van der Waals surface area contributed by atoms with Gasteiger partial charge in [0.05, 0.1) is 54.3 Å². The maximum atomic E-state index is 13.4. The highest BCUT2D eigenvalue weighted by atomic mass is 16.5. The molecule has 4 amide bonds. The maximum absolute atomic E-state index is 13.4. The number of rotatable bonds is 22. The van der Waals surface area contributed by atoms with E-state index in [1.54, 1.807) is 0 Å². The fraction of sp³-hybridized carbons (Fsp3) is 0.327. The fourth-order valence-electron chi connectivity index (χ4n) is 17.8. The molecule has 0 saturated carbocycles. The highest BCUT2D eigenvalue weighted by molar-refractivity contribution is 5.94. The molecular formula is C98H104N16O8. The number of carbonyl (C=O) groups is 6. The Morgan fingerprint density at radius 1 is 0.352 bits per heavy atom. The van der Waals surface area contributed by atoms with E-state index in [2.05, 4.69) is 91.3 Å². The normalized spacial score (nSPS) is 17.6. The number of aromatic nitrogens is 6. The highest BCUT2D eigenvalue weighted by Gasteiger charge is 2.35. The number of carboxylic acid groups (broad SMARTS) is 1. The molecule has 9 heterocycles. The molecule has 0 spiro atoms. The van der Waals surface area contributed by atoms with Gasteiger partial charge >= 0.3 is 11.9 Å². The summed E-state index contributed by atoms with van der Waals surface area (Å²) in [6.07, 6.45) is 7.73. The molecule has 6 aliphatic heterocycles. The molecule has 6 aliphatic rings. The number of fused-ring (bicyclic) bond motifs is 3. The Hall–Kier alpha value is -13.4. The Kier molecular flexibility index (Phi) is 26.2. The van der Waals surface area contributed by atoms with Crippen molar-refractivity contribution in [3.05, 3.63) is 253 Å². The Bertz CT molecular complexity index is 5460. The third-order valence-electron chi connectivity index (χ3n) is 24.5. The SMILES string of the molecule is CCOC(=O)C1CCN(c2nc(N[C@H]3CCN(C(=O)Cc4ccccc4-c4ccccc4)C3)nc3ccccc23)CC1.NC(=O)C1CCN(c2nc(N[C@H]3CCN(C(=O)Cc4ccccc4-c4ccccc4)C3)nc3ccccc23)CC1.O=C(O)C1CCN(c2nc(N[C@H]3CCN(C(=O)Cc4ccccc4-c4ccccc4)C3)nc3ccccc23)CC1. The molecule has 3 aromatic heterocycles. The zero-order valence-electron chi connectivity index (χ0n) is 68.9. The number of aliphatic carboxylic acids is 1. The molecule has 12 aromatic rings. The van der Waals surface area contributed by atoms with Crippen molar-refractivity contribution in [2.24, 2.45) is 23.5 Å². The van der Waals surface area contributed by atoms with Crippen molar-refractivity contribution in [1.29, 1.82) is 0 Å². The van der Waals surface area contributed by atoms with E-state index in [0.29, 0.717) is 109 Å². The largest absolute Gasteiger partial charge is 0.481 e. The van der Waals surface area contributed by atoms with Crippen LogP contribution in [0.4, 0.5) is 35.3 Å². The van der Waals surface area contributed by atoms with Crippen LogP contribution in [0.1, 0.15) is 81.4 Å². The Morgan fingerprint density at radius 2 is 0.639 bits per heavy atom. The van der Waals surface area contributed by atoms with E-state index in [0.717, 1.165) is 171 Å². The van der Waals surface area contributed by atoms with Gasteiger partial charge in [0.15, 0.2) is 0 Å². The molecule has 24 heteroatoms. The van der Waals surface area contributed by atoms with E-state index in [-0.39, 0.29) is 65.5 Å². The van der Waals surface area contributed by atoms with Crippen molar-refractivity contribution in [3.8, 4) is 33.4 Å². The van der Waals surface area contributed by atoms with Gasteiger partial charge in [0.25, 0.3) is 0 Å². The molecule has 18 rings (SSSR count). The summed E-state index contributed by atoms with van der Waals surface area (Å²) in [5.41, 5.74) is 17.9. The quantitative estimate of drug-likeness (QED) is 0.0394. The molecule has 122 heavy (non-hydrogen) atoms. The number of anilines is 6. The fourth-order valence-corrected chi connectivity index (χ4v) is 17.8. The topological polar surface area (TPSA) is 291 Å². The second-order valence-electron chi connectivity index (χ2n) is 32.4. The van der Waals surface area contributed by atoms with Crippen LogP contribution in [-0.2, 0) is 52.8 Å². The molecule has 624 valence electrons. The standard InChI is InChI=1S/C34H37N5O3.C32H34N6O2.C32H33N5O3/c1-2-42-33(41)25-16-19-38(20-17-25)32-29-14-8-9-15-30(29)36-34(37-32)35-27-18-21-39(23-27)31(40)22-26-12-6-7-13-28(26)24-10-4-3-5-11-24;33-30(40)23-14-17-37(18-15-23)31-27-12-6-7-13-28(27)35-32(36-31)34-25-16-19-38(21-25)29(39)20-24-10-4-5-11-26(24)22-8-2-1-3-9-22;38-29(20-24-10-4-5-11-26(24)22-8-2-1-3-9-22)37-19-16-25(21-37)33-32-34-28-13-7-6-12-27(28)30(35-32)36-17-14-23(15-18-36)31(39)40/h3-15,25,27H,2,16-23H2,1H3,(H,35,36,37);1-13,23,25H,14-21H2,(H2,33,40)(H,34,35,36);1-13,23,25H,14-21H2,(H,39,40)(H,33,34,35)/t27-;2*25-/m000/s1. The first-order valence-electron chi connectivity index (χ1n) is 43.0. The lowest BCUT2D eigenvalue weighted by Crippen LogP contribution is -2.39. The lowest BCUT2D eigenvalue weighted by Gasteiger charge is -2.32. The first-order chi connectivity index (χ1) is 59.7. The minimum atomic E-state index is -0.724. The van der Waals surface area contributed by atoms with Gasteiger partial charge in [-0.1, -0.05) is 200 Å². The average molecular weight is 1630 g/mol. The minimum Gasteiger partial charge on any atom is -0.481 e. The van der Waals surface area contributed by atoms with Crippen LogP contribution >= 0.6 is 0 Å². The van der Waals surface area contributed by atoms with Crippen molar-refractivity contribution in [1.82, 2.24) is 44.6 Å². The summed E-state index contributed by atoms with van der Waals surface area (Å²) >= 11 is 0. The molecular weight excluding hydrogens is 1530 g/mol. The molecule has 3 atom stereocenters. The van der Waals surface area contributed by atoms with Crippen LogP contribution in [0.15, 0.2) is 237 Å². The molecule has 6 fully saturated rings. The molecule has 9 aromatic carbocycles. The van der Waals surface area contributed by atoms with Crippen molar-refractivity contribution < 1.29 is 38.6 Å². The summed E-state index contributed by atoms with van der Waals surface area (Å²) in [5.74, 6) is 3.17. The van der Waals surface area contributed by atoms with Gasteiger partial charge in [-0.25, -0.2) is 15.0 Å². The summed E-state index contributed by atoms with van der Waals surface area (Å²) in [6.45, 7) is 10.4. The van der Waals surface area contributed by atoms with Gasteiger partial charge < -0.3 is 60.9 Å². The van der Waals surface area contributed by atoms with Gasteiger partial charge in [-0.2, -0.15) is 15.0 Å². The van der Waals surface area contributed by atoms with Crippen molar-refractivity contribution in [3.63, 3.8) is 0 Å². The summed E-state index contributed by atoms with van der Waals surface area (Å²) < 4.78 is 5.25. The molecule has 0 bridgehead atoms. The van der Waals surface area contributed by atoms with Gasteiger partial charge in [-0.3, -0.25) is 28.8 Å². The number of amides is 4. The Morgan fingerprint density at radius 3 is 0.951 bits per heavy atom. The minimum absolute atomic E-state index is 0.0556. The van der Waals surface area contributed by atoms with E-state index in [9.17, 15) is 33.9 Å². The molecule has 24 nitrogen and oxygen atoms in total. The van der Waals surface area contributed by atoms with Crippen molar-refractivity contribution >= 4 is 104 Å². The number of ether oxygens (including phenoxy) is 1. The van der Waals surface area contributed by atoms with Crippen LogP contribution < -0.4 is 36.4 Å². The van der Waals surface area contributed by atoms with E-state index >= 15 is 0 Å². The number of hydrogen-bond acceptors (Lipinski definition) is 19. The van der Waals surface area contributed by atoms with Crippen LogP contribution in [-0.4, -0.2) is 189 Å². The lowest BCUT2D eigenvalue weighted by molar-refractivity contribution is -0.148. The lowest BCUT2D eigenvalue weighted by atomic mass is 9.96. The number of carbonyl (C=O) groups excluding carboxylic acids is 5. The highest BCUT2D eigenvalue weighted by Crippen LogP contribution is 2.36. The zero-order chi connectivity index (χ0) is 83.8. The number of primary amides is 1. The number of nitrogens with one attached hydrogen (secondary N) is 3. The average Bonchev–Trinajstić information content (AvgIpc) is 0.851. The summed E-state index contributed by atoms with van der Waals surface area (Å²) in [6, 6.07) is 79.2. The smallest absolute Gasteiger partial charge is 0.309 e. The van der Waals surface area contributed by atoms with Crippen LogP contribution in [0.3, 0.4) is 0 Å². The van der Waals surface area contributed by atoms with Gasteiger partial charge in [-0.05, 0) is 151 Å². The predicted octanol–water partition coefficient (Wildman–Crippen LogP) is 14.4. The number of carboxylic acids is 1. The monoisotopic (exact) mass is 1630 g/mol. The number of nitrogens with zero attached hydrogens (tertiary/aromatic N) is 12. The van der Waals surface area contributed by atoms with Gasteiger partial charge in [0.2, 0.25) is 41.5 Å². The summed E-state index contributed by atoms with van der Waals surface area (Å²) in [7, 11) is 0. The second kappa shape index (κ2) is 38.8. The van der Waals surface area contributed by atoms with E-state index in [4.69, 9.17) is 40.4 Å². The molecule has 0 unspecified atom stereocenters. The number of nitrogens with two attached hydrogens (primary N) is 1. The van der Waals surface area contributed by atoms with E-state index in [1.165, 1.54) is 0 Å². The first-order valence-corrected chi connectivity index (χ1v) is 43.0. The Labute approximate surface area is 711 Å². The number of likely N-dealkylation sites (tertiary alicyclic amines) is 3. The molecule has 6 N–H and O–H groups in total. The number of esters is 1. The van der Waals surface area contributed by atoms with Gasteiger partial charge in [-0.15, -0.1) is 0 Å².